The first-order valence-electron chi connectivity index (χ1n) is 10.6. The maximum Gasteiger partial charge on any atom is 0.257 e. The molecular formula is C24H24F2N4O2. The molecule has 2 amide bonds. The van der Waals surface area contributed by atoms with Crippen LogP contribution in [-0.4, -0.2) is 57.6 Å². The Kier molecular flexibility index (Phi) is 6.30. The molecule has 1 aliphatic heterocycles. The molecule has 0 aliphatic carbocycles. The highest BCUT2D eigenvalue weighted by molar-refractivity contribution is 5.96. The number of carbonyl (C=O) groups excluding carboxylic acids is 2. The third-order valence-corrected chi connectivity index (χ3v) is 5.71. The Labute approximate surface area is 185 Å². The van der Waals surface area contributed by atoms with Crippen molar-refractivity contribution in [1.82, 2.24) is 19.6 Å². The van der Waals surface area contributed by atoms with Gasteiger partial charge in [0.2, 0.25) is 0 Å². The van der Waals surface area contributed by atoms with Gasteiger partial charge < -0.3 is 9.80 Å². The van der Waals surface area contributed by atoms with Crippen LogP contribution in [0.5, 0.6) is 0 Å². The van der Waals surface area contributed by atoms with Crippen molar-refractivity contribution in [3.63, 3.8) is 0 Å². The van der Waals surface area contributed by atoms with Crippen LogP contribution in [0, 0.1) is 11.6 Å². The van der Waals surface area contributed by atoms with E-state index in [-0.39, 0.29) is 17.4 Å². The molecule has 0 saturated carbocycles. The normalized spacial score (nSPS) is 14.0. The number of carbonyl (C=O) groups is 2. The van der Waals surface area contributed by atoms with Crippen LogP contribution < -0.4 is 0 Å². The van der Waals surface area contributed by atoms with Crippen LogP contribution in [0.1, 0.15) is 38.9 Å². The first kappa shape index (κ1) is 21.7. The second kappa shape index (κ2) is 9.30. The van der Waals surface area contributed by atoms with E-state index >= 15 is 0 Å². The Morgan fingerprint density at radius 3 is 2.19 bits per heavy atom. The number of hydrogen-bond acceptors (Lipinski definition) is 3. The topological polar surface area (TPSA) is 58.4 Å². The average molecular weight is 438 g/mol. The van der Waals surface area contributed by atoms with Gasteiger partial charge >= 0.3 is 0 Å². The number of nitrogens with zero attached hydrogens (tertiary/aromatic N) is 4. The average Bonchev–Trinajstić information content (AvgIpc) is 3.23. The van der Waals surface area contributed by atoms with Gasteiger partial charge in [-0.1, -0.05) is 37.3 Å². The molecule has 4 rings (SSSR count). The molecule has 32 heavy (non-hydrogen) atoms. The van der Waals surface area contributed by atoms with Crippen molar-refractivity contribution in [2.24, 2.45) is 0 Å². The predicted octanol–water partition coefficient (Wildman–Crippen LogP) is 3.37. The van der Waals surface area contributed by atoms with Gasteiger partial charge in [-0.15, -0.1) is 0 Å². The fourth-order valence-corrected chi connectivity index (χ4v) is 3.95. The van der Waals surface area contributed by atoms with E-state index in [1.807, 2.05) is 41.9 Å². The number of amides is 2. The first-order chi connectivity index (χ1) is 15.5. The zero-order valence-corrected chi connectivity index (χ0v) is 17.8. The third-order valence-electron chi connectivity index (χ3n) is 5.71. The van der Waals surface area contributed by atoms with E-state index in [1.54, 1.807) is 16.0 Å². The summed E-state index contributed by atoms with van der Waals surface area (Å²) in [7, 11) is 0. The van der Waals surface area contributed by atoms with Gasteiger partial charge in [0.25, 0.3) is 11.8 Å². The standard InChI is InChI=1S/C24H24F2N4O2/c1-2-22-19(15-27-30(22)16-17-6-4-3-5-7-17)24(32)29-12-10-28(11-13-29)23(31)18-8-9-20(25)21(26)14-18/h3-9,14-15H,2,10-13,16H2,1H3. The lowest BCUT2D eigenvalue weighted by molar-refractivity contribution is 0.0534. The van der Waals surface area contributed by atoms with Crippen molar-refractivity contribution in [2.75, 3.05) is 26.2 Å². The molecule has 0 bridgehead atoms. The molecule has 1 aromatic heterocycles. The van der Waals surface area contributed by atoms with E-state index in [0.717, 1.165) is 23.4 Å². The fraction of sp³-hybridized carbons (Fsp3) is 0.292. The molecular weight excluding hydrogens is 414 g/mol. The Balaban J connectivity index is 1.42. The number of rotatable bonds is 5. The van der Waals surface area contributed by atoms with Crippen molar-refractivity contribution < 1.29 is 18.4 Å². The maximum atomic E-state index is 13.5. The zero-order valence-electron chi connectivity index (χ0n) is 17.8. The minimum absolute atomic E-state index is 0.0964. The van der Waals surface area contributed by atoms with E-state index in [9.17, 15) is 18.4 Å². The highest BCUT2D eigenvalue weighted by Gasteiger charge is 2.28. The van der Waals surface area contributed by atoms with Gasteiger partial charge in [0.1, 0.15) is 0 Å². The van der Waals surface area contributed by atoms with E-state index < -0.39 is 11.6 Å². The summed E-state index contributed by atoms with van der Waals surface area (Å²) < 4.78 is 28.5. The highest BCUT2D eigenvalue weighted by atomic mass is 19.2. The summed E-state index contributed by atoms with van der Waals surface area (Å²) in [6.45, 7) is 3.95. The Bertz CT molecular complexity index is 1120. The summed E-state index contributed by atoms with van der Waals surface area (Å²) in [6.07, 6.45) is 2.28. The Morgan fingerprint density at radius 2 is 1.56 bits per heavy atom. The maximum absolute atomic E-state index is 13.5. The molecule has 166 valence electrons. The lowest BCUT2D eigenvalue weighted by Crippen LogP contribution is -2.50. The summed E-state index contributed by atoms with van der Waals surface area (Å²) in [6, 6.07) is 13.1. The molecule has 0 radical (unpaired) electrons. The number of halogens is 2. The monoisotopic (exact) mass is 438 g/mol. The van der Waals surface area contributed by atoms with Gasteiger partial charge in [-0.2, -0.15) is 5.10 Å². The molecule has 0 spiro atoms. The summed E-state index contributed by atoms with van der Waals surface area (Å²) in [5.41, 5.74) is 2.65. The van der Waals surface area contributed by atoms with E-state index in [4.69, 9.17) is 0 Å². The molecule has 1 aliphatic rings. The lowest BCUT2D eigenvalue weighted by Gasteiger charge is -2.34. The summed E-state index contributed by atoms with van der Waals surface area (Å²) >= 11 is 0. The smallest absolute Gasteiger partial charge is 0.257 e. The molecule has 2 aromatic carbocycles. The van der Waals surface area contributed by atoms with Crippen LogP contribution in [0.15, 0.2) is 54.7 Å². The molecule has 0 N–H and O–H groups in total. The van der Waals surface area contributed by atoms with Crippen LogP contribution >= 0.6 is 0 Å². The molecule has 1 saturated heterocycles. The van der Waals surface area contributed by atoms with Gasteiger partial charge in [-0.25, -0.2) is 8.78 Å². The quantitative estimate of drug-likeness (QED) is 0.614. The van der Waals surface area contributed by atoms with E-state index in [0.29, 0.717) is 44.7 Å². The van der Waals surface area contributed by atoms with Gasteiger partial charge in [0.15, 0.2) is 11.6 Å². The minimum Gasteiger partial charge on any atom is -0.335 e. The van der Waals surface area contributed by atoms with Gasteiger partial charge in [0.05, 0.1) is 24.0 Å². The van der Waals surface area contributed by atoms with Crippen LogP contribution in [-0.2, 0) is 13.0 Å². The fourth-order valence-electron chi connectivity index (χ4n) is 3.95. The zero-order chi connectivity index (χ0) is 22.7. The van der Waals surface area contributed by atoms with Crippen molar-refractivity contribution in [3.8, 4) is 0 Å². The second-order valence-electron chi connectivity index (χ2n) is 7.72. The van der Waals surface area contributed by atoms with Crippen LogP contribution in [0.3, 0.4) is 0 Å². The van der Waals surface area contributed by atoms with E-state index in [1.165, 1.54) is 6.07 Å². The molecule has 2 heterocycles. The van der Waals surface area contributed by atoms with Crippen LogP contribution in [0.25, 0.3) is 0 Å². The summed E-state index contributed by atoms with van der Waals surface area (Å²) in [5, 5.41) is 4.43. The molecule has 1 fully saturated rings. The predicted molar refractivity (Wildman–Crippen MR) is 115 cm³/mol. The van der Waals surface area contributed by atoms with Crippen LogP contribution in [0.4, 0.5) is 8.78 Å². The highest BCUT2D eigenvalue weighted by Crippen LogP contribution is 2.17. The van der Waals surface area contributed by atoms with Crippen molar-refractivity contribution >= 4 is 11.8 Å². The number of aromatic nitrogens is 2. The van der Waals surface area contributed by atoms with Crippen molar-refractivity contribution in [3.05, 3.63) is 88.7 Å². The Morgan fingerprint density at radius 1 is 0.906 bits per heavy atom. The van der Waals surface area contributed by atoms with Crippen LogP contribution in [0.2, 0.25) is 0 Å². The largest absolute Gasteiger partial charge is 0.335 e. The number of benzene rings is 2. The molecule has 0 atom stereocenters. The third kappa shape index (κ3) is 4.39. The van der Waals surface area contributed by atoms with Crippen molar-refractivity contribution in [2.45, 2.75) is 19.9 Å². The summed E-state index contributed by atoms with van der Waals surface area (Å²) in [4.78, 5) is 29.0. The van der Waals surface area contributed by atoms with Gasteiger partial charge in [-0.3, -0.25) is 14.3 Å². The molecule has 0 unspecified atom stereocenters. The number of piperazine rings is 1. The number of hydrogen-bond donors (Lipinski definition) is 0. The SMILES string of the molecule is CCc1c(C(=O)N2CCN(C(=O)c3ccc(F)c(F)c3)CC2)cnn1Cc1ccccc1. The van der Waals surface area contributed by atoms with Gasteiger partial charge in [0, 0.05) is 31.7 Å². The van der Waals surface area contributed by atoms with Crippen molar-refractivity contribution in [1.29, 1.82) is 0 Å². The summed E-state index contributed by atoms with van der Waals surface area (Å²) in [5.74, 6) is -2.53. The molecule has 3 aromatic rings. The second-order valence-corrected chi connectivity index (χ2v) is 7.72. The molecule has 6 nitrogen and oxygen atoms in total. The van der Waals surface area contributed by atoms with E-state index in [2.05, 4.69) is 5.10 Å². The first-order valence-corrected chi connectivity index (χ1v) is 10.6. The Hall–Kier alpha value is -3.55. The molecule has 8 heteroatoms. The van der Waals surface area contributed by atoms with Gasteiger partial charge in [-0.05, 0) is 30.2 Å². The minimum atomic E-state index is -1.05. The lowest BCUT2D eigenvalue weighted by atomic mass is 10.1.